The van der Waals surface area contributed by atoms with E-state index in [1.807, 2.05) is 0 Å². The Labute approximate surface area is 45.9 Å². The van der Waals surface area contributed by atoms with Crippen LogP contribution in [0.5, 0.6) is 0 Å². The van der Waals surface area contributed by atoms with Crippen LogP contribution in [0.2, 0.25) is 0 Å². The molecule has 1 saturated carbocycles. The monoisotopic (exact) mass is 98.1 g/mol. The summed E-state index contributed by atoms with van der Waals surface area (Å²) in [5.41, 5.74) is 0. The Morgan fingerprint density at radius 3 is 2.29 bits per heavy atom. The fourth-order valence-corrected chi connectivity index (χ4v) is 1.17. The summed E-state index contributed by atoms with van der Waals surface area (Å²) in [6.45, 7) is 4.62. The van der Waals surface area contributed by atoms with Gasteiger partial charge in [0.05, 0.1) is 0 Å². The number of rotatable bonds is 2. The van der Waals surface area contributed by atoms with E-state index in [1.165, 1.54) is 19.3 Å². The Hall–Kier alpha value is 0. The lowest BCUT2D eigenvalue weighted by molar-refractivity contribution is 0.659. The van der Waals surface area contributed by atoms with Crippen LogP contribution in [0.1, 0.15) is 33.1 Å². The molecule has 0 unspecified atom stereocenters. The van der Waals surface area contributed by atoms with E-state index in [4.69, 9.17) is 0 Å². The largest absolute Gasteiger partial charge is 0.0654 e. The van der Waals surface area contributed by atoms with Crippen molar-refractivity contribution in [1.29, 1.82) is 0 Å². The second kappa shape index (κ2) is 1.85. The van der Waals surface area contributed by atoms with Crippen LogP contribution in [-0.2, 0) is 0 Å². The summed E-state index contributed by atoms with van der Waals surface area (Å²) in [6.07, 6.45) is 4.37. The summed E-state index contributed by atoms with van der Waals surface area (Å²) in [4.78, 5) is 0. The highest BCUT2D eigenvalue weighted by molar-refractivity contribution is 4.81. The molecular weight excluding hydrogens is 84.1 g/mol. The van der Waals surface area contributed by atoms with E-state index < -0.39 is 0 Å². The van der Waals surface area contributed by atoms with Gasteiger partial charge in [0.1, 0.15) is 0 Å². The predicted octanol–water partition coefficient (Wildman–Crippen LogP) is 2.44. The topological polar surface area (TPSA) is 0 Å². The van der Waals surface area contributed by atoms with Crippen molar-refractivity contribution in [3.05, 3.63) is 0 Å². The maximum absolute atomic E-state index is 2.35. The molecule has 7 heavy (non-hydrogen) atoms. The smallest absolute Gasteiger partial charge is 0.0386 e. The van der Waals surface area contributed by atoms with E-state index in [1.54, 1.807) is 0 Å². The van der Waals surface area contributed by atoms with Gasteiger partial charge < -0.3 is 0 Å². The van der Waals surface area contributed by atoms with E-state index in [0.29, 0.717) is 0 Å². The zero-order valence-electron chi connectivity index (χ0n) is 5.28. The average Bonchev–Trinajstić information content (AvgIpc) is 2.22. The highest BCUT2D eigenvalue weighted by atomic mass is 14.4. The van der Waals surface area contributed by atoms with Gasteiger partial charge in [-0.15, -0.1) is 0 Å². The van der Waals surface area contributed by atoms with Crippen molar-refractivity contribution >= 4 is 0 Å². The first-order valence-electron chi connectivity index (χ1n) is 3.34. The summed E-state index contributed by atoms with van der Waals surface area (Å²) < 4.78 is 0. The molecular formula is C7H14. The van der Waals surface area contributed by atoms with Crippen LogP contribution < -0.4 is 0 Å². The van der Waals surface area contributed by atoms with E-state index in [0.717, 1.165) is 11.8 Å². The molecule has 0 N–H and O–H groups in total. The van der Waals surface area contributed by atoms with E-state index in [-0.39, 0.29) is 0 Å². The van der Waals surface area contributed by atoms with Gasteiger partial charge in [0.15, 0.2) is 0 Å². The molecule has 0 heteroatoms. The average molecular weight is 98.2 g/mol. The van der Waals surface area contributed by atoms with E-state index in [9.17, 15) is 0 Å². The minimum Gasteiger partial charge on any atom is -0.0654 e. The molecule has 0 spiro atoms. The van der Waals surface area contributed by atoms with Gasteiger partial charge in [0.25, 0.3) is 0 Å². The SMILES string of the molecule is CCC[C@H]1C[C@@H]1C. The molecule has 1 aliphatic rings. The zero-order chi connectivity index (χ0) is 5.28. The summed E-state index contributed by atoms with van der Waals surface area (Å²) in [7, 11) is 0. The maximum Gasteiger partial charge on any atom is -0.0386 e. The standard InChI is InChI=1S/C7H14/c1-3-4-7-5-6(7)2/h6-7H,3-5H2,1-2H3/t6-,7-/m0/s1. The van der Waals surface area contributed by atoms with E-state index >= 15 is 0 Å². The molecule has 0 amide bonds. The third kappa shape index (κ3) is 1.19. The fourth-order valence-electron chi connectivity index (χ4n) is 1.17. The Bertz CT molecular complexity index is 57.1. The van der Waals surface area contributed by atoms with Crippen LogP contribution in [0.25, 0.3) is 0 Å². The molecule has 42 valence electrons. The fraction of sp³-hybridized carbons (Fsp3) is 1.00. The number of hydrogen-bond acceptors (Lipinski definition) is 0. The van der Waals surface area contributed by atoms with Crippen molar-refractivity contribution in [2.45, 2.75) is 33.1 Å². The van der Waals surface area contributed by atoms with Gasteiger partial charge in [-0.1, -0.05) is 26.7 Å². The third-order valence-electron chi connectivity index (χ3n) is 1.94. The highest BCUT2D eigenvalue weighted by Crippen LogP contribution is 2.40. The lowest BCUT2D eigenvalue weighted by Gasteiger charge is -1.86. The molecule has 0 saturated heterocycles. The zero-order valence-corrected chi connectivity index (χ0v) is 5.28. The molecule has 2 atom stereocenters. The van der Waals surface area contributed by atoms with Gasteiger partial charge >= 0.3 is 0 Å². The molecule has 1 rings (SSSR count). The summed E-state index contributed by atoms with van der Waals surface area (Å²) in [6, 6.07) is 0. The van der Waals surface area contributed by atoms with Crippen molar-refractivity contribution in [2.75, 3.05) is 0 Å². The highest BCUT2D eigenvalue weighted by Gasteiger charge is 2.30. The molecule has 0 aromatic carbocycles. The summed E-state index contributed by atoms with van der Waals surface area (Å²) >= 11 is 0. The Kier molecular flexibility index (Phi) is 1.36. The van der Waals surface area contributed by atoms with Gasteiger partial charge in [-0.3, -0.25) is 0 Å². The van der Waals surface area contributed by atoms with Gasteiger partial charge in [-0.25, -0.2) is 0 Å². The van der Waals surface area contributed by atoms with Crippen LogP contribution in [0.15, 0.2) is 0 Å². The molecule has 0 bridgehead atoms. The molecule has 0 aromatic heterocycles. The Balaban J connectivity index is 1.98. The molecule has 1 fully saturated rings. The molecule has 0 aliphatic heterocycles. The van der Waals surface area contributed by atoms with Gasteiger partial charge in [0.2, 0.25) is 0 Å². The first-order valence-corrected chi connectivity index (χ1v) is 3.34. The van der Waals surface area contributed by atoms with Crippen molar-refractivity contribution < 1.29 is 0 Å². The first-order chi connectivity index (χ1) is 3.34. The minimum atomic E-state index is 1.07. The quantitative estimate of drug-likeness (QED) is 0.497. The molecule has 0 heterocycles. The van der Waals surface area contributed by atoms with Gasteiger partial charge in [-0.05, 0) is 18.3 Å². The lowest BCUT2D eigenvalue weighted by Crippen LogP contribution is -1.74. The van der Waals surface area contributed by atoms with Crippen molar-refractivity contribution in [1.82, 2.24) is 0 Å². The normalized spacial score (nSPS) is 38.6. The summed E-state index contributed by atoms with van der Waals surface area (Å²) in [5.74, 6) is 2.19. The predicted molar refractivity (Wildman–Crippen MR) is 32.2 cm³/mol. The van der Waals surface area contributed by atoms with E-state index in [2.05, 4.69) is 13.8 Å². The third-order valence-corrected chi connectivity index (χ3v) is 1.94. The van der Waals surface area contributed by atoms with Crippen molar-refractivity contribution in [3.8, 4) is 0 Å². The van der Waals surface area contributed by atoms with Gasteiger partial charge in [0, 0.05) is 0 Å². The van der Waals surface area contributed by atoms with Crippen molar-refractivity contribution in [3.63, 3.8) is 0 Å². The van der Waals surface area contributed by atoms with Gasteiger partial charge in [-0.2, -0.15) is 0 Å². The van der Waals surface area contributed by atoms with Crippen LogP contribution in [0.4, 0.5) is 0 Å². The number of hydrogen-bond donors (Lipinski definition) is 0. The molecule has 0 aromatic rings. The second-order valence-corrected chi connectivity index (χ2v) is 2.76. The van der Waals surface area contributed by atoms with Crippen LogP contribution in [-0.4, -0.2) is 0 Å². The minimum absolute atomic E-state index is 1.07. The van der Waals surface area contributed by atoms with Crippen LogP contribution >= 0.6 is 0 Å². The lowest BCUT2D eigenvalue weighted by atomic mass is 10.2. The van der Waals surface area contributed by atoms with Crippen molar-refractivity contribution in [2.24, 2.45) is 11.8 Å². The first kappa shape index (κ1) is 5.14. The summed E-state index contributed by atoms with van der Waals surface area (Å²) in [5, 5.41) is 0. The molecule has 0 radical (unpaired) electrons. The Morgan fingerprint density at radius 1 is 1.57 bits per heavy atom. The van der Waals surface area contributed by atoms with Crippen LogP contribution in [0, 0.1) is 11.8 Å². The van der Waals surface area contributed by atoms with Crippen LogP contribution in [0.3, 0.4) is 0 Å². The Morgan fingerprint density at radius 2 is 2.14 bits per heavy atom. The second-order valence-electron chi connectivity index (χ2n) is 2.76. The molecule has 0 nitrogen and oxygen atoms in total. The molecule has 1 aliphatic carbocycles. The maximum atomic E-state index is 2.35.